The minimum Gasteiger partial charge on any atom is -0.491 e. The molecule has 1 aliphatic rings. The van der Waals surface area contributed by atoms with Gasteiger partial charge in [0, 0.05) is 42.1 Å². The molecule has 35 heavy (non-hydrogen) atoms. The molecule has 0 saturated carbocycles. The van der Waals surface area contributed by atoms with Crippen LogP contribution in [0.1, 0.15) is 11.3 Å². The van der Waals surface area contributed by atoms with Gasteiger partial charge in [0.2, 0.25) is 0 Å². The average Bonchev–Trinajstić information content (AvgIpc) is 3.39. The molecule has 1 aliphatic heterocycles. The highest BCUT2D eigenvalue weighted by molar-refractivity contribution is 14.2. The first kappa shape index (κ1) is 24.1. The Hall–Kier alpha value is -2.59. The summed E-state index contributed by atoms with van der Waals surface area (Å²) in [7, 11) is 1.66. The van der Waals surface area contributed by atoms with E-state index in [1.54, 1.807) is 7.11 Å². The molecular weight excluding hydrogens is 576 g/mol. The lowest BCUT2D eigenvalue weighted by molar-refractivity contribution is 0.109. The lowest BCUT2D eigenvalue weighted by Crippen LogP contribution is -2.16. The monoisotopic (exact) mass is 601 g/mol. The van der Waals surface area contributed by atoms with Gasteiger partial charge in [0.05, 0.1) is 38.1 Å². The summed E-state index contributed by atoms with van der Waals surface area (Å²) in [6.07, 6.45) is 5.29. The van der Waals surface area contributed by atoms with Gasteiger partial charge in [0.1, 0.15) is 18.2 Å². The zero-order valence-corrected chi connectivity index (χ0v) is 22.4. The minimum absolute atomic E-state index is 0.490. The Kier molecular flexibility index (Phi) is 7.88. The van der Waals surface area contributed by atoms with Crippen molar-refractivity contribution in [3.63, 3.8) is 0 Å². The number of hydrogen-bond acceptors (Lipinski definition) is 7. The first-order valence-corrected chi connectivity index (χ1v) is 15.3. The molecule has 10 heteroatoms. The molecule has 1 atom stereocenters. The predicted octanol–water partition coefficient (Wildman–Crippen LogP) is 5.64. The summed E-state index contributed by atoms with van der Waals surface area (Å²) in [5, 5.41) is 7.87. The van der Waals surface area contributed by atoms with Crippen LogP contribution < -0.4 is 10.1 Å². The van der Waals surface area contributed by atoms with Crippen LogP contribution in [0.4, 0.5) is 11.5 Å². The van der Waals surface area contributed by atoms with E-state index in [1.165, 1.54) is 0 Å². The van der Waals surface area contributed by atoms with Crippen molar-refractivity contribution < 1.29 is 14.2 Å². The molecule has 0 aliphatic carbocycles. The SMILES string of the molecule is COCCOc1cccc(-c2nc3c(c(Nc4ccc(-c5cnn(PI)c5)cc4)n2)COCC3)c1. The summed E-state index contributed by atoms with van der Waals surface area (Å²) in [5.74, 6) is 2.19. The summed E-state index contributed by atoms with van der Waals surface area (Å²) in [6.45, 7) is 2.17. The van der Waals surface area contributed by atoms with Crippen molar-refractivity contribution >= 4 is 39.9 Å². The Morgan fingerprint density at radius 3 is 2.77 bits per heavy atom. The minimum atomic E-state index is 0.490. The number of fused-ring (bicyclic) bond motifs is 1. The maximum atomic E-state index is 5.78. The molecule has 0 radical (unpaired) electrons. The van der Waals surface area contributed by atoms with Crippen LogP contribution in [-0.2, 0) is 22.5 Å². The van der Waals surface area contributed by atoms with Gasteiger partial charge in [0.15, 0.2) is 5.82 Å². The molecule has 2 aromatic carbocycles. The third-order valence-corrected chi connectivity index (χ3v) is 7.52. The Balaban J connectivity index is 1.42. The smallest absolute Gasteiger partial charge is 0.161 e. The van der Waals surface area contributed by atoms with Gasteiger partial charge in [-0.05, 0) is 51.9 Å². The van der Waals surface area contributed by atoms with Gasteiger partial charge >= 0.3 is 0 Å². The molecule has 8 nitrogen and oxygen atoms in total. The number of anilines is 2. The number of aromatic nitrogens is 4. The Bertz CT molecular complexity index is 1300. The Morgan fingerprint density at radius 2 is 1.97 bits per heavy atom. The first-order chi connectivity index (χ1) is 17.2. The molecule has 0 amide bonds. The lowest BCUT2D eigenvalue weighted by atomic mass is 10.1. The molecule has 0 fully saturated rings. The quantitative estimate of drug-likeness (QED) is 0.151. The highest BCUT2D eigenvalue weighted by Crippen LogP contribution is 2.31. The van der Waals surface area contributed by atoms with Crippen LogP contribution in [0.25, 0.3) is 22.5 Å². The van der Waals surface area contributed by atoms with Crippen molar-refractivity contribution in [1.29, 1.82) is 0 Å². The fourth-order valence-corrected chi connectivity index (χ4v) is 4.91. The molecular formula is C25H25IN5O3P. The summed E-state index contributed by atoms with van der Waals surface area (Å²) in [6, 6.07) is 16.1. The molecule has 3 heterocycles. The van der Waals surface area contributed by atoms with E-state index in [-0.39, 0.29) is 0 Å². The molecule has 0 spiro atoms. The highest BCUT2D eigenvalue weighted by atomic mass is 127. The van der Waals surface area contributed by atoms with E-state index in [1.807, 2.05) is 34.9 Å². The maximum Gasteiger partial charge on any atom is 0.161 e. The topological polar surface area (TPSA) is 83.3 Å². The summed E-state index contributed by atoms with van der Waals surface area (Å²) >= 11 is 2.32. The number of rotatable bonds is 9. The van der Waals surface area contributed by atoms with Crippen LogP contribution >= 0.6 is 28.4 Å². The number of methoxy groups -OCH3 is 1. The van der Waals surface area contributed by atoms with Gasteiger partial charge in [-0.15, -0.1) is 0 Å². The number of nitrogens with one attached hydrogen (secondary N) is 1. The molecule has 0 saturated heterocycles. The molecule has 1 unspecified atom stereocenters. The van der Waals surface area contributed by atoms with Gasteiger partial charge in [-0.1, -0.05) is 24.3 Å². The Labute approximate surface area is 218 Å². The molecule has 180 valence electrons. The van der Waals surface area contributed by atoms with Crippen molar-refractivity contribution in [1.82, 2.24) is 19.5 Å². The van der Waals surface area contributed by atoms with Gasteiger partial charge in [-0.3, -0.25) is 0 Å². The summed E-state index contributed by atoms with van der Waals surface area (Å²) < 4.78 is 18.5. The summed E-state index contributed by atoms with van der Waals surface area (Å²) in [5.41, 5.74) is 6.09. The first-order valence-electron chi connectivity index (χ1n) is 11.2. The van der Waals surface area contributed by atoms with E-state index in [0.29, 0.717) is 38.6 Å². The van der Waals surface area contributed by atoms with E-state index in [0.717, 1.165) is 51.6 Å². The third-order valence-electron chi connectivity index (χ3n) is 5.62. The van der Waals surface area contributed by atoms with E-state index in [9.17, 15) is 0 Å². The third kappa shape index (κ3) is 5.81. The normalized spacial score (nSPS) is 13.2. The van der Waals surface area contributed by atoms with Crippen LogP contribution in [0.15, 0.2) is 60.9 Å². The zero-order valence-electron chi connectivity index (χ0n) is 19.2. The van der Waals surface area contributed by atoms with Gasteiger partial charge in [-0.2, -0.15) is 5.10 Å². The van der Waals surface area contributed by atoms with Gasteiger partial charge < -0.3 is 19.5 Å². The van der Waals surface area contributed by atoms with Crippen LogP contribution in [0, 0.1) is 0 Å². The lowest BCUT2D eigenvalue weighted by Gasteiger charge is -2.20. The van der Waals surface area contributed by atoms with E-state index in [2.05, 4.69) is 62.9 Å². The molecule has 2 aromatic heterocycles. The summed E-state index contributed by atoms with van der Waals surface area (Å²) in [4.78, 5) is 9.76. The van der Waals surface area contributed by atoms with Crippen molar-refractivity contribution in [2.24, 2.45) is 0 Å². The fraction of sp³-hybridized carbons (Fsp3) is 0.240. The second-order valence-corrected chi connectivity index (χ2v) is 10.0. The van der Waals surface area contributed by atoms with E-state index < -0.39 is 0 Å². The van der Waals surface area contributed by atoms with Gasteiger partial charge in [-0.25, -0.2) is 14.4 Å². The molecule has 4 aromatic rings. The zero-order chi connectivity index (χ0) is 24.0. The van der Waals surface area contributed by atoms with E-state index >= 15 is 0 Å². The molecule has 5 rings (SSSR count). The fourth-order valence-electron chi connectivity index (χ4n) is 3.83. The number of benzene rings is 2. The standard InChI is InChI=1S/C25H25IN5O3P/c1-32-11-12-34-21-4-2-3-18(13-21)24-29-23-9-10-33-16-22(23)25(30-24)28-20-7-5-17(6-8-20)19-14-27-31(15-19)35-26/h2-8,13-15,35H,9-12,16H2,1H3,(H,28,29,30). The van der Waals surface area contributed by atoms with Crippen LogP contribution in [0.3, 0.4) is 0 Å². The average molecular weight is 601 g/mol. The number of halogens is 1. The second-order valence-electron chi connectivity index (χ2n) is 7.95. The Morgan fingerprint density at radius 1 is 1.09 bits per heavy atom. The second kappa shape index (κ2) is 11.4. The molecule has 0 bridgehead atoms. The predicted molar refractivity (Wildman–Crippen MR) is 147 cm³/mol. The van der Waals surface area contributed by atoms with Gasteiger partial charge in [0.25, 0.3) is 0 Å². The number of hydrogen-bond donors (Lipinski definition) is 1. The van der Waals surface area contributed by atoms with Crippen molar-refractivity contribution in [2.75, 3.05) is 32.2 Å². The van der Waals surface area contributed by atoms with E-state index in [4.69, 9.17) is 24.2 Å². The maximum absolute atomic E-state index is 5.78. The largest absolute Gasteiger partial charge is 0.491 e. The van der Waals surface area contributed by atoms with Crippen molar-refractivity contribution in [2.45, 2.75) is 13.0 Å². The van der Waals surface area contributed by atoms with Crippen molar-refractivity contribution in [3.05, 3.63) is 72.2 Å². The number of ether oxygens (including phenoxy) is 3. The number of nitrogens with zero attached hydrogens (tertiary/aromatic N) is 4. The van der Waals surface area contributed by atoms with Crippen molar-refractivity contribution in [3.8, 4) is 28.3 Å². The van der Waals surface area contributed by atoms with Crippen LogP contribution in [0.5, 0.6) is 5.75 Å². The van der Waals surface area contributed by atoms with Crippen LogP contribution in [-0.4, -0.2) is 46.4 Å². The molecule has 1 N–H and O–H groups in total. The highest BCUT2D eigenvalue weighted by Gasteiger charge is 2.19. The van der Waals surface area contributed by atoms with Crippen LogP contribution in [0.2, 0.25) is 0 Å².